The zero-order valence-electron chi connectivity index (χ0n) is 12.0. The minimum Gasteiger partial charge on any atom is -0.347 e. The van der Waals surface area contributed by atoms with Gasteiger partial charge in [0, 0.05) is 11.1 Å². The van der Waals surface area contributed by atoms with Crippen LogP contribution in [0.25, 0.3) is 0 Å². The van der Waals surface area contributed by atoms with Crippen molar-refractivity contribution in [3.8, 4) is 0 Å². The largest absolute Gasteiger partial charge is 0.347 e. The van der Waals surface area contributed by atoms with E-state index in [0.717, 1.165) is 24.8 Å². The molecule has 0 aromatic heterocycles. The van der Waals surface area contributed by atoms with Crippen LogP contribution < -0.4 is 10.5 Å². The zero-order chi connectivity index (χ0) is 15.1. The van der Waals surface area contributed by atoms with Crippen LogP contribution >= 0.6 is 0 Å². The average molecular weight is 296 g/mol. The van der Waals surface area contributed by atoms with Gasteiger partial charge in [0.25, 0.3) is 5.91 Å². The number of nitrogens with one attached hydrogen (secondary N) is 1. The number of carbonyl (C=O) groups is 1. The fourth-order valence-corrected chi connectivity index (χ4v) is 3.31. The SMILES string of the molecule is Cc1cc(C(=O)NC2(C)CCC2)cc(S(N)(=O)=O)c1C. The van der Waals surface area contributed by atoms with E-state index in [9.17, 15) is 13.2 Å². The second kappa shape index (κ2) is 4.86. The lowest BCUT2D eigenvalue weighted by Gasteiger charge is -2.39. The summed E-state index contributed by atoms with van der Waals surface area (Å²) >= 11 is 0. The fourth-order valence-electron chi connectivity index (χ4n) is 2.43. The van der Waals surface area contributed by atoms with E-state index in [1.165, 1.54) is 6.07 Å². The lowest BCUT2D eigenvalue weighted by Crippen LogP contribution is -2.50. The van der Waals surface area contributed by atoms with Gasteiger partial charge in [-0.1, -0.05) is 0 Å². The first-order valence-corrected chi connectivity index (χ1v) is 8.14. The summed E-state index contributed by atoms with van der Waals surface area (Å²) in [6, 6.07) is 3.05. The van der Waals surface area contributed by atoms with Crippen molar-refractivity contribution in [3.05, 3.63) is 28.8 Å². The molecule has 1 fully saturated rings. The molecule has 3 N–H and O–H groups in total. The van der Waals surface area contributed by atoms with E-state index in [4.69, 9.17) is 5.14 Å². The van der Waals surface area contributed by atoms with Crippen molar-refractivity contribution in [2.24, 2.45) is 5.14 Å². The van der Waals surface area contributed by atoms with Crippen molar-refractivity contribution in [3.63, 3.8) is 0 Å². The lowest BCUT2D eigenvalue weighted by molar-refractivity contribution is 0.0850. The third-order valence-corrected chi connectivity index (χ3v) is 5.10. The molecule has 1 aliphatic carbocycles. The highest BCUT2D eigenvalue weighted by Gasteiger charge is 2.33. The average Bonchev–Trinajstić information content (AvgIpc) is 2.28. The van der Waals surface area contributed by atoms with E-state index < -0.39 is 10.0 Å². The Morgan fingerprint density at radius 2 is 1.90 bits per heavy atom. The van der Waals surface area contributed by atoms with Gasteiger partial charge in [-0.15, -0.1) is 0 Å². The van der Waals surface area contributed by atoms with Crippen molar-refractivity contribution in [1.29, 1.82) is 0 Å². The molecule has 0 radical (unpaired) electrons. The minimum atomic E-state index is -3.83. The molecule has 5 nitrogen and oxygen atoms in total. The maximum atomic E-state index is 12.2. The van der Waals surface area contributed by atoms with Gasteiger partial charge in [0.1, 0.15) is 0 Å². The molecule has 1 saturated carbocycles. The monoisotopic (exact) mass is 296 g/mol. The maximum Gasteiger partial charge on any atom is 0.251 e. The van der Waals surface area contributed by atoms with Gasteiger partial charge in [-0.05, 0) is 63.3 Å². The smallest absolute Gasteiger partial charge is 0.251 e. The van der Waals surface area contributed by atoms with Crippen LogP contribution in [-0.2, 0) is 10.0 Å². The molecule has 2 rings (SSSR count). The quantitative estimate of drug-likeness (QED) is 0.888. The Balaban J connectivity index is 2.38. The third kappa shape index (κ3) is 2.86. The maximum absolute atomic E-state index is 12.2. The highest BCUT2D eigenvalue weighted by Crippen LogP contribution is 2.31. The molecule has 110 valence electrons. The zero-order valence-corrected chi connectivity index (χ0v) is 12.8. The third-order valence-electron chi connectivity index (χ3n) is 4.06. The summed E-state index contributed by atoms with van der Waals surface area (Å²) in [5, 5.41) is 8.16. The number of primary sulfonamides is 1. The molecule has 6 heteroatoms. The van der Waals surface area contributed by atoms with Gasteiger partial charge < -0.3 is 5.32 Å². The van der Waals surface area contributed by atoms with Crippen molar-refractivity contribution < 1.29 is 13.2 Å². The summed E-state index contributed by atoms with van der Waals surface area (Å²) in [6.45, 7) is 5.45. The van der Waals surface area contributed by atoms with E-state index in [1.54, 1.807) is 19.9 Å². The predicted molar refractivity (Wildman–Crippen MR) is 77.0 cm³/mol. The van der Waals surface area contributed by atoms with Crippen LogP contribution in [0.15, 0.2) is 17.0 Å². The first-order chi connectivity index (χ1) is 9.12. The predicted octanol–water partition coefficient (Wildman–Crippen LogP) is 1.62. The van der Waals surface area contributed by atoms with Crippen LogP contribution in [0.1, 0.15) is 47.7 Å². The number of hydrogen-bond donors (Lipinski definition) is 2. The van der Waals surface area contributed by atoms with Crippen LogP contribution in [0.2, 0.25) is 0 Å². The highest BCUT2D eigenvalue weighted by molar-refractivity contribution is 7.89. The molecular formula is C14H20N2O3S. The molecule has 1 aromatic carbocycles. The number of benzene rings is 1. The second-order valence-corrected chi connectivity index (χ2v) is 7.36. The number of nitrogens with two attached hydrogens (primary N) is 1. The molecule has 0 atom stereocenters. The Bertz CT molecular complexity index is 661. The van der Waals surface area contributed by atoms with Crippen LogP contribution in [-0.4, -0.2) is 19.9 Å². The van der Waals surface area contributed by atoms with Gasteiger partial charge in [-0.3, -0.25) is 4.79 Å². The number of rotatable bonds is 3. The van der Waals surface area contributed by atoms with E-state index in [0.29, 0.717) is 11.1 Å². The Morgan fingerprint density at radius 1 is 1.30 bits per heavy atom. The Kier molecular flexibility index (Phi) is 3.64. The summed E-state index contributed by atoms with van der Waals surface area (Å²) in [7, 11) is -3.83. The first-order valence-electron chi connectivity index (χ1n) is 6.59. The van der Waals surface area contributed by atoms with Crippen LogP contribution in [0.3, 0.4) is 0 Å². The van der Waals surface area contributed by atoms with Gasteiger partial charge >= 0.3 is 0 Å². The molecule has 1 aromatic rings. The van der Waals surface area contributed by atoms with E-state index in [1.807, 2.05) is 6.92 Å². The van der Waals surface area contributed by atoms with E-state index in [-0.39, 0.29) is 16.3 Å². The number of aryl methyl sites for hydroxylation is 1. The summed E-state index contributed by atoms with van der Waals surface area (Å²) < 4.78 is 23.2. The van der Waals surface area contributed by atoms with Gasteiger partial charge in [0.05, 0.1) is 4.90 Å². The number of hydrogen-bond acceptors (Lipinski definition) is 3. The van der Waals surface area contributed by atoms with Crippen molar-refractivity contribution in [2.75, 3.05) is 0 Å². The van der Waals surface area contributed by atoms with Gasteiger partial charge in [0.2, 0.25) is 10.0 Å². The molecule has 0 spiro atoms. The van der Waals surface area contributed by atoms with Crippen molar-refractivity contribution in [1.82, 2.24) is 5.32 Å². The first kappa shape index (κ1) is 15.0. The Labute approximate surface area is 119 Å². The van der Waals surface area contributed by atoms with Crippen LogP contribution in [0.5, 0.6) is 0 Å². The Morgan fingerprint density at radius 3 is 2.35 bits per heavy atom. The van der Waals surface area contributed by atoms with Crippen molar-refractivity contribution in [2.45, 2.75) is 50.5 Å². The fraction of sp³-hybridized carbons (Fsp3) is 0.500. The van der Waals surface area contributed by atoms with Crippen molar-refractivity contribution >= 4 is 15.9 Å². The van der Waals surface area contributed by atoms with E-state index >= 15 is 0 Å². The molecule has 1 amide bonds. The summed E-state index contributed by atoms with van der Waals surface area (Å²) in [5.41, 5.74) is 1.49. The van der Waals surface area contributed by atoms with E-state index in [2.05, 4.69) is 5.32 Å². The molecular weight excluding hydrogens is 276 g/mol. The highest BCUT2D eigenvalue weighted by atomic mass is 32.2. The number of amides is 1. The van der Waals surface area contributed by atoms with Gasteiger partial charge in [-0.2, -0.15) is 0 Å². The molecule has 0 bridgehead atoms. The Hall–Kier alpha value is -1.40. The van der Waals surface area contributed by atoms with Crippen LogP contribution in [0.4, 0.5) is 0 Å². The molecule has 0 saturated heterocycles. The summed E-state index contributed by atoms with van der Waals surface area (Å²) in [4.78, 5) is 12.3. The second-order valence-electron chi connectivity index (χ2n) is 5.83. The normalized spacial score (nSPS) is 17.4. The summed E-state index contributed by atoms with van der Waals surface area (Å²) in [6.07, 6.45) is 3.00. The van der Waals surface area contributed by atoms with Gasteiger partial charge in [0.15, 0.2) is 0 Å². The standard InChI is InChI=1S/C14H20N2O3S/c1-9-7-11(8-12(10(9)2)20(15,18)19)13(17)16-14(3)5-4-6-14/h7-8H,4-6H2,1-3H3,(H,16,17)(H2,15,18,19). The lowest BCUT2D eigenvalue weighted by atomic mass is 9.78. The molecule has 20 heavy (non-hydrogen) atoms. The molecule has 0 heterocycles. The molecule has 1 aliphatic rings. The number of carbonyl (C=O) groups excluding carboxylic acids is 1. The number of sulfonamides is 1. The topological polar surface area (TPSA) is 89.3 Å². The minimum absolute atomic E-state index is 0.0152. The summed E-state index contributed by atoms with van der Waals surface area (Å²) in [5.74, 6) is -0.250. The molecule has 0 aliphatic heterocycles. The van der Waals surface area contributed by atoms with Crippen LogP contribution in [0, 0.1) is 13.8 Å². The molecule has 0 unspecified atom stereocenters. The van der Waals surface area contributed by atoms with Gasteiger partial charge in [-0.25, -0.2) is 13.6 Å².